The Kier molecular flexibility index (Phi) is 6.80. The van der Waals surface area contributed by atoms with Crippen LogP contribution in [0.5, 0.6) is 5.75 Å². The lowest BCUT2D eigenvalue weighted by Crippen LogP contribution is -2.51. The van der Waals surface area contributed by atoms with Crippen molar-refractivity contribution in [1.82, 2.24) is 0 Å². The van der Waals surface area contributed by atoms with Crippen molar-refractivity contribution in [1.29, 1.82) is 0 Å². The molecule has 5 N–H and O–H groups in total. The van der Waals surface area contributed by atoms with Gasteiger partial charge in [-0.05, 0) is 59.7 Å². The fraction of sp³-hybridized carbons (Fsp3) is 0.379. The van der Waals surface area contributed by atoms with Crippen LogP contribution >= 0.6 is 0 Å². The summed E-state index contributed by atoms with van der Waals surface area (Å²) in [4.78, 5) is 0. The minimum atomic E-state index is -1.29. The van der Waals surface area contributed by atoms with Crippen LogP contribution in [0.4, 0.5) is 5.69 Å². The van der Waals surface area contributed by atoms with E-state index in [-0.39, 0.29) is 12.5 Å². The first kappa shape index (κ1) is 23.8. The normalized spacial score (nSPS) is 25.9. The summed E-state index contributed by atoms with van der Waals surface area (Å²) in [6.45, 7) is 3.27. The number of anilines is 1. The Labute approximate surface area is 205 Å². The third-order valence-corrected chi connectivity index (χ3v) is 7.42. The zero-order valence-corrected chi connectivity index (χ0v) is 19.9. The number of fused-ring (bicyclic) bond motifs is 1. The lowest BCUT2D eigenvalue weighted by atomic mass is 9.72. The van der Waals surface area contributed by atoms with Crippen LogP contribution in [0.3, 0.4) is 0 Å². The Morgan fingerprint density at radius 2 is 1.71 bits per heavy atom. The second-order valence-corrected chi connectivity index (χ2v) is 9.82. The number of ether oxygens (including phenoxy) is 1. The minimum Gasteiger partial charge on any atom is -0.490 e. The van der Waals surface area contributed by atoms with Gasteiger partial charge in [0.2, 0.25) is 0 Å². The van der Waals surface area contributed by atoms with Crippen LogP contribution in [-0.4, -0.2) is 58.5 Å². The van der Waals surface area contributed by atoms with Gasteiger partial charge in [0, 0.05) is 25.0 Å². The molecule has 2 aliphatic rings. The molecule has 0 radical (unpaired) electrons. The van der Waals surface area contributed by atoms with Gasteiger partial charge in [-0.25, -0.2) is 0 Å². The highest BCUT2D eigenvalue weighted by molar-refractivity contribution is 5.69. The topological polar surface area (TPSA) is 102 Å². The van der Waals surface area contributed by atoms with E-state index in [1.54, 1.807) is 0 Å². The molecule has 0 spiro atoms. The smallest absolute Gasteiger partial charge is 0.142 e. The monoisotopic (exact) mass is 475 g/mol. The molecule has 1 fully saturated rings. The van der Waals surface area contributed by atoms with Gasteiger partial charge in [-0.2, -0.15) is 0 Å². The first-order chi connectivity index (χ1) is 16.9. The molecule has 6 nitrogen and oxygen atoms in total. The zero-order chi connectivity index (χ0) is 24.5. The van der Waals surface area contributed by atoms with E-state index in [0.717, 1.165) is 45.8 Å². The standard InChI is InChI=1S/C29H33NO5/c1-17-2-5-19(6-3-17)23-8-7-20(24-15-22(16-31)27(32)29(34)28(24)33)14-21(23)12-18-4-9-26-25(13-18)30-10-11-35-26/h2-9,13-14,22,24,27-34H,10-12,15-16H2,1H3/t22-,24+,27-,28+,29+/m1/s1. The molecule has 0 saturated heterocycles. The van der Waals surface area contributed by atoms with Crippen molar-refractivity contribution in [2.75, 3.05) is 25.1 Å². The third-order valence-electron chi connectivity index (χ3n) is 7.42. The Hall–Kier alpha value is -2.90. The van der Waals surface area contributed by atoms with Crippen LogP contribution in [0.15, 0.2) is 60.7 Å². The first-order valence-corrected chi connectivity index (χ1v) is 12.3. The molecule has 0 unspecified atom stereocenters. The van der Waals surface area contributed by atoms with Crippen LogP contribution in [-0.2, 0) is 6.42 Å². The lowest BCUT2D eigenvalue weighted by Gasteiger charge is -2.40. The summed E-state index contributed by atoms with van der Waals surface area (Å²) < 4.78 is 5.73. The highest BCUT2D eigenvalue weighted by Crippen LogP contribution is 2.39. The molecule has 3 aromatic carbocycles. The fourth-order valence-corrected chi connectivity index (χ4v) is 5.36. The SMILES string of the molecule is Cc1ccc(-c2ccc([C@@H]3C[C@H](CO)[C@@H](O)[C@H](O)[C@H]3O)cc2Cc2ccc3c(c2)NCCO3)cc1. The summed E-state index contributed by atoms with van der Waals surface area (Å²) >= 11 is 0. The van der Waals surface area contributed by atoms with Crippen molar-refractivity contribution < 1.29 is 25.2 Å². The Morgan fingerprint density at radius 3 is 2.49 bits per heavy atom. The summed E-state index contributed by atoms with van der Waals surface area (Å²) in [6.07, 6.45) is -2.44. The zero-order valence-electron chi connectivity index (χ0n) is 19.9. The van der Waals surface area contributed by atoms with E-state index in [0.29, 0.717) is 19.4 Å². The molecule has 3 aromatic rings. The molecule has 1 aliphatic heterocycles. The van der Waals surface area contributed by atoms with Crippen molar-refractivity contribution in [3.05, 3.63) is 82.9 Å². The van der Waals surface area contributed by atoms with Crippen LogP contribution in [0.1, 0.15) is 34.6 Å². The number of nitrogens with one attached hydrogen (secondary N) is 1. The molecular weight excluding hydrogens is 442 g/mol. The van der Waals surface area contributed by atoms with E-state index in [1.807, 2.05) is 12.1 Å². The average molecular weight is 476 g/mol. The van der Waals surface area contributed by atoms with Crippen molar-refractivity contribution in [3.63, 3.8) is 0 Å². The van der Waals surface area contributed by atoms with E-state index >= 15 is 0 Å². The summed E-state index contributed by atoms with van der Waals surface area (Å²) in [5.74, 6) is 0.000685. The van der Waals surface area contributed by atoms with Gasteiger partial charge in [0.15, 0.2) is 0 Å². The second-order valence-electron chi connectivity index (χ2n) is 9.82. The van der Waals surface area contributed by atoms with Crippen molar-refractivity contribution in [3.8, 4) is 16.9 Å². The highest BCUT2D eigenvalue weighted by Gasteiger charge is 2.42. The Balaban J connectivity index is 1.53. The first-order valence-electron chi connectivity index (χ1n) is 12.3. The summed E-state index contributed by atoms with van der Waals surface area (Å²) in [7, 11) is 0. The number of hydrogen-bond donors (Lipinski definition) is 5. The number of rotatable bonds is 5. The Bertz CT molecular complexity index is 1180. The Morgan fingerprint density at radius 1 is 0.914 bits per heavy atom. The minimum absolute atomic E-state index is 0.236. The van der Waals surface area contributed by atoms with Crippen molar-refractivity contribution in [2.45, 2.75) is 44.0 Å². The molecule has 0 aromatic heterocycles. The molecule has 184 valence electrons. The van der Waals surface area contributed by atoms with E-state index in [4.69, 9.17) is 4.74 Å². The predicted molar refractivity (Wildman–Crippen MR) is 136 cm³/mol. The third kappa shape index (κ3) is 4.80. The number of aryl methyl sites for hydroxylation is 1. The highest BCUT2D eigenvalue weighted by atomic mass is 16.5. The predicted octanol–water partition coefficient (Wildman–Crippen LogP) is 3.24. The van der Waals surface area contributed by atoms with Crippen LogP contribution in [0.25, 0.3) is 11.1 Å². The summed E-state index contributed by atoms with van der Waals surface area (Å²) in [5.41, 5.74) is 7.56. The fourth-order valence-electron chi connectivity index (χ4n) is 5.36. The van der Waals surface area contributed by atoms with Crippen LogP contribution < -0.4 is 10.1 Å². The van der Waals surface area contributed by atoms with Crippen LogP contribution in [0.2, 0.25) is 0 Å². The quantitative estimate of drug-likeness (QED) is 0.388. The molecule has 5 rings (SSSR count). The number of aliphatic hydroxyl groups excluding tert-OH is 4. The molecule has 1 heterocycles. The molecule has 0 amide bonds. The largest absolute Gasteiger partial charge is 0.490 e. The number of hydrogen-bond acceptors (Lipinski definition) is 6. The second kappa shape index (κ2) is 9.99. The van der Waals surface area contributed by atoms with Crippen molar-refractivity contribution >= 4 is 5.69 Å². The van der Waals surface area contributed by atoms with Gasteiger partial charge in [-0.15, -0.1) is 0 Å². The van der Waals surface area contributed by atoms with Gasteiger partial charge in [0.25, 0.3) is 0 Å². The summed E-state index contributed by atoms with van der Waals surface area (Å²) in [5, 5.41) is 44.6. The number of benzene rings is 3. The molecular formula is C29H33NO5. The molecule has 35 heavy (non-hydrogen) atoms. The van der Waals surface area contributed by atoms with Crippen LogP contribution in [0, 0.1) is 12.8 Å². The van der Waals surface area contributed by atoms with E-state index in [2.05, 4.69) is 60.8 Å². The van der Waals surface area contributed by atoms with Gasteiger partial charge >= 0.3 is 0 Å². The van der Waals surface area contributed by atoms with E-state index in [9.17, 15) is 20.4 Å². The molecule has 6 heteroatoms. The number of aliphatic hydroxyl groups is 4. The summed E-state index contributed by atoms with van der Waals surface area (Å²) in [6, 6.07) is 20.8. The molecule has 0 bridgehead atoms. The molecule has 1 aliphatic carbocycles. The van der Waals surface area contributed by atoms with E-state index < -0.39 is 24.2 Å². The average Bonchev–Trinajstić information content (AvgIpc) is 2.88. The van der Waals surface area contributed by atoms with Gasteiger partial charge in [-0.1, -0.05) is 54.1 Å². The van der Waals surface area contributed by atoms with Crippen molar-refractivity contribution in [2.24, 2.45) is 5.92 Å². The molecule has 1 saturated carbocycles. The van der Waals surface area contributed by atoms with Gasteiger partial charge < -0.3 is 30.5 Å². The van der Waals surface area contributed by atoms with Gasteiger partial charge in [-0.3, -0.25) is 0 Å². The maximum Gasteiger partial charge on any atom is 0.142 e. The van der Waals surface area contributed by atoms with E-state index in [1.165, 1.54) is 5.56 Å². The molecule has 5 atom stereocenters. The maximum atomic E-state index is 10.8. The van der Waals surface area contributed by atoms with Gasteiger partial charge in [0.1, 0.15) is 18.5 Å². The maximum absolute atomic E-state index is 10.8. The van der Waals surface area contributed by atoms with Gasteiger partial charge in [0.05, 0.1) is 17.9 Å². The lowest BCUT2D eigenvalue weighted by molar-refractivity contribution is -0.127.